The Morgan fingerprint density at radius 2 is 1.13 bits per heavy atom. The lowest BCUT2D eigenvalue weighted by Gasteiger charge is -2.14. The van der Waals surface area contributed by atoms with Crippen LogP contribution in [0.1, 0.15) is 78.1 Å². The van der Waals surface area contributed by atoms with Gasteiger partial charge in [-0.3, -0.25) is 19.2 Å². The first-order valence-corrected chi connectivity index (χ1v) is 11.1. The fraction of sp³-hybridized carbons (Fsp3) is 0.667. The normalized spacial score (nSPS) is 26.3. The van der Waals surface area contributed by atoms with Crippen LogP contribution in [0.2, 0.25) is 0 Å². The van der Waals surface area contributed by atoms with E-state index in [2.05, 4.69) is 0 Å². The molecule has 0 aliphatic heterocycles. The van der Waals surface area contributed by atoms with Crippen molar-refractivity contribution >= 4 is 23.5 Å². The molecule has 2 saturated carbocycles. The highest BCUT2D eigenvalue weighted by Crippen LogP contribution is 2.34. The second-order valence-electron chi connectivity index (χ2n) is 8.17. The van der Waals surface area contributed by atoms with Gasteiger partial charge in [0.2, 0.25) is 0 Å². The summed E-state index contributed by atoms with van der Waals surface area (Å²) in [6, 6.07) is 0. The number of Topliss-reactive ketones (excluding diaryl/α,β-unsaturated/α-hetero) is 2. The Labute approximate surface area is 179 Å². The molecule has 0 amide bonds. The molecule has 2 aliphatic carbocycles. The topological polar surface area (TPSA) is 109 Å². The summed E-state index contributed by atoms with van der Waals surface area (Å²) in [7, 11) is 0. The van der Waals surface area contributed by atoms with Gasteiger partial charge in [-0.1, -0.05) is 38.2 Å². The standard InChI is InChI=1S/2C12H18O3/c2*1-2-3-4-5-10-9(8-12(14)15)6-7-11(10)13/h2*3-4,9-10H,2,5-8H2,1H3,(H,14,15)/b2*4-3-/t9-,10+;9-,10-/m01/s1. The Hall–Kier alpha value is -2.24. The van der Waals surface area contributed by atoms with Crippen LogP contribution in [0.15, 0.2) is 24.3 Å². The van der Waals surface area contributed by atoms with Crippen LogP contribution in [0.5, 0.6) is 0 Å². The summed E-state index contributed by atoms with van der Waals surface area (Å²) in [5, 5.41) is 17.4. The number of carboxylic acid groups (broad SMARTS) is 2. The van der Waals surface area contributed by atoms with Crippen LogP contribution < -0.4 is 0 Å². The molecule has 0 radical (unpaired) electrons. The molecule has 2 aliphatic rings. The zero-order valence-electron chi connectivity index (χ0n) is 18.2. The lowest BCUT2D eigenvalue weighted by atomic mass is 9.89. The maximum Gasteiger partial charge on any atom is 0.303 e. The first-order chi connectivity index (χ1) is 14.3. The number of rotatable bonds is 10. The maximum absolute atomic E-state index is 11.5. The van der Waals surface area contributed by atoms with Gasteiger partial charge in [0, 0.05) is 37.5 Å². The van der Waals surface area contributed by atoms with Crippen molar-refractivity contribution in [2.24, 2.45) is 23.7 Å². The van der Waals surface area contributed by atoms with E-state index in [1.165, 1.54) is 0 Å². The molecule has 0 aromatic heterocycles. The van der Waals surface area contributed by atoms with Crippen molar-refractivity contribution in [3.8, 4) is 0 Å². The third kappa shape index (κ3) is 9.06. The monoisotopic (exact) mass is 420 g/mol. The van der Waals surface area contributed by atoms with Gasteiger partial charge >= 0.3 is 11.9 Å². The average molecular weight is 421 g/mol. The Morgan fingerprint density at radius 1 is 0.767 bits per heavy atom. The van der Waals surface area contributed by atoms with E-state index in [-0.39, 0.29) is 48.1 Å². The zero-order valence-corrected chi connectivity index (χ0v) is 18.2. The van der Waals surface area contributed by atoms with Crippen molar-refractivity contribution in [2.45, 2.75) is 78.1 Å². The Balaban J connectivity index is 0.000000300. The highest BCUT2D eigenvalue weighted by atomic mass is 16.4. The van der Waals surface area contributed by atoms with Gasteiger partial charge in [-0.2, -0.15) is 0 Å². The largest absolute Gasteiger partial charge is 0.481 e. The van der Waals surface area contributed by atoms with Crippen LogP contribution in [0, 0.1) is 23.7 Å². The third-order valence-electron chi connectivity index (χ3n) is 5.95. The molecule has 2 N–H and O–H groups in total. The van der Waals surface area contributed by atoms with Crippen molar-refractivity contribution in [1.82, 2.24) is 0 Å². The Morgan fingerprint density at radius 3 is 1.43 bits per heavy atom. The molecule has 0 saturated heterocycles. The summed E-state index contributed by atoms with van der Waals surface area (Å²) in [6.07, 6.45) is 14.3. The molecular weight excluding hydrogens is 384 g/mol. The number of carbonyl (C=O) groups is 4. The summed E-state index contributed by atoms with van der Waals surface area (Å²) in [5.41, 5.74) is 0. The lowest BCUT2D eigenvalue weighted by Crippen LogP contribution is -2.17. The smallest absolute Gasteiger partial charge is 0.303 e. The van der Waals surface area contributed by atoms with Crippen molar-refractivity contribution in [2.75, 3.05) is 0 Å². The van der Waals surface area contributed by atoms with E-state index in [0.717, 1.165) is 25.7 Å². The summed E-state index contributed by atoms with van der Waals surface area (Å²) in [4.78, 5) is 44.3. The van der Waals surface area contributed by atoms with E-state index in [1.54, 1.807) is 0 Å². The molecule has 168 valence electrons. The molecule has 2 fully saturated rings. The molecule has 0 aromatic rings. The maximum atomic E-state index is 11.5. The number of carbonyl (C=O) groups excluding carboxylic acids is 2. The molecule has 0 heterocycles. The third-order valence-corrected chi connectivity index (χ3v) is 5.95. The molecule has 30 heavy (non-hydrogen) atoms. The minimum Gasteiger partial charge on any atom is -0.481 e. The van der Waals surface area contributed by atoms with Crippen molar-refractivity contribution in [3.63, 3.8) is 0 Å². The van der Waals surface area contributed by atoms with Crippen molar-refractivity contribution in [1.29, 1.82) is 0 Å². The summed E-state index contributed by atoms with van der Waals surface area (Å²) >= 11 is 0. The first kappa shape index (κ1) is 25.8. The summed E-state index contributed by atoms with van der Waals surface area (Å²) in [6.45, 7) is 4.09. The summed E-state index contributed by atoms with van der Waals surface area (Å²) < 4.78 is 0. The Bertz CT molecular complexity index is 592. The van der Waals surface area contributed by atoms with Gasteiger partial charge in [-0.05, 0) is 50.4 Å². The van der Waals surface area contributed by atoms with Gasteiger partial charge in [-0.25, -0.2) is 0 Å². The molecule has 0 bridgehead atoms. The lowest BCUT2D eigenvalue weighted by molar-refractivity contribution is -0.139. The van der Waals surface area contributed by atoms with Gasteiger partial charge < -0.3 is 10.2 Å². The Kier molecular flexibility index (Phi) is 11.9. The number of aliphatic carboxylic acids is 2. The minimum atomic E-state index is -0.792. The van der Waals surface area contributed by atoms with Crippen molar-refractivity contribution in [3.05, 3.63) is 24.3 Å². The fourth-order valence-electron chi connectivity index (χ4n) is 4.36. The van der Waals surface area contributed by atoms with Gasteiger partial charge in [-0.15, -0.1) is 0 Å². The van der Waals surface area contributed by atoms with Crippen LogP contribution in [-0.2, 0) is 19.2 Å². The van der Waals surface area contributed by atoms with Crippen LogP contribution in [0.3, 0.4) is 0 Å². The number of ketones is 2. The minimum absolute atomic E-state index is 0.0519. The number of allylic oxidation sites excluding steroid dienone is 4. The van der Waals surface area contributed by atoms with E-state index in [9.17, 15) is 19.2 Å². The van der Waals surface area contributed by atoms with E-state index >= 15 is 0 Å². The zero-order chi connectivity index (χ0) is 22.5. The van der Waals surface area contributed by atoms with E-state index in [4.69, 9.17) is 10.2 Å². The number of hydrogen-bond donors (Lipinski definition) is 2. The molecular formula is C24H36O6. The number of carboxylic acids is 2. The van der Waals surface area contributed by atoms with Crippen LogP contribution >= 0.6 is 0 Å². The van der Waals surface area contributed by atoms with Crippen LogP contribution in [-0.4, -0.2) is 33.7 Å². The van der Waals surface area contributed by atoms with Gasteiger partial charge in [0.25, 0.3) is 0 Å². The molecule has 6 heteroatoms. The molecule has 4 atom stereocenters. The second-order valence-corrected chi connectivity index (χ2v) is 8.17. The van der Waals surface area contributed by atoms with E-state index < -0.39 is 11.9 Å². The van der Waals surface area contributed by atoms with Gasteiger partial charge in [0.05, 0.1) is 0 Å². The molecule has 6 nitrogen and oxygen atoms in total. The van der Waals surface area contributed by atoms with Crippen LogP contribution in [0.4, 0.5) is 0 Å². The van der Waals surface area contributed by atoms with Crippen molar-refractivity contribution < 1.29 is 29.4 Å². The predicted octanol–water partition coefficient (Wildman–Crippen LogP) is 4.83. The predicted molar refractivity (Wildman–Crippen MR) is 115 cm³/mol. The summed E-state index contributed by atoms with van der Waals surface area (Å²) in [5.74, 6) is -1.11. The number of hydrogen-bond acceptors (Lipinski definition) is 4. The van der Waals surface area contributed by atoms with Gasteiger partial charge in [0.1, 0.15) is 11.6 Å². The highest BCUT2D eigenvalue weighted by molar-refractivity contribution is 5.85. The van der Waals surface area contributed by atoms with Crippen LogP contribution in [0.25, 0.3) is 0 Å². The molecule has 0 unspecified atom stereocenters. The molecule has 2 rings (SSSR count). The highest BCUT2D eigenvalue weighted by Gasteiger charge is 2.35. The van der Waals surface area contributed by atoms with E-state index in [1.807, 2.05) is 38.2 Å². The second kappa shape index (κ2) is 13.9. The van der Waals surface area contributed by atoms with Gasteiger partial charge in [0.15, 0.2) is 0 Å². The fourth-order valence-corrected chi connectivity index (χ4v) is 4.36. The SMILES string of the molecule is CC/C=C\C[C@H]1C(=O)CC[C@@H]1CC(=O)O.CC/C=C\C[C@H]1C(=O)CC[C@H]1CC(=O)O. The first-order valence-electron chi connectivity index (χ1n) is 11.1. The molecule has 0 spiro atoms. The molecule has 0 aromatic carbocycles. The average Bonchev–Trinajstić information content (AvgIpc) is 3.19. The quantitative estimate of drug-likeness (QED) is 0.490. The van der Waals surface area contributed by atoms with E-state index in [0.29, 0.717) is 25.7 Å².